The van der Waals surface area contributed by atoms with E-state index in [1.807, 2.05) is 25.1 Å². The molecule has 0 radical (unpaired) electrons. The molecule has 0 aromatic heterocycles. The van der Waals surface area contributed by atoms with Gasteiger partial charge in [0.2, 0.25) is 5.91 Å². The highest BCUT2D eigenvalue weighted by Crippen LogP contribution is 2.18. The van der Waals surface area contributed by atoms with Crippen LogP contribution in [-0.4, -0.2) is 23.5 Å². The summed E-state index contributed by atoms with van der Waals surface area (Å²) in [5, 5.41) is 11.6. The van der Waals surface area contributed by atoms with Gasteiger partial charge in [-0.05, 0) is 44.4 Å². The molecule has 0 aliphatic rings. The second kappa shape index (κ2) is 6.88. The number of benzene rings is 1. The normalized spacial score (nSPS) is 11.2. The fourth-order valence-electron chi connectivity index (χ4n) is 1.60. The number of halogens is 1. The third kappa shape index (κ3) is 4.96. The van der Waals surface area contributed by atoms with Crippen molar-refractivity contribution in [3.8, 4) is 0 Å². The molecule has 0 spiro atoms. The lowest BCUT2D eigenvalue weighted by molar-refractivity contribution is -0.146. The fourth-order valence-corrected chi connectivity index (χ4v) is 1.85. The Hall–Kier alpha value is -1.36. The van der Waals surface area contributed by atoms with E-state index in [0.29, 0.717) is 12.8 Å². The second-order valence-electron chi connectivity index (χ2n) is 5.55. The highest BCUT2D eigenvalue weighted by molar-refractivity contribution is 9.10. The molecule has 2 N–H and O–H groups in total. The van der Waals surface area contributed by atoms with Gasteiger partial charge in [-0.2, -0.15) is 0 Å². The number of amides is 1. The molecule has 0 bridgehead atoms. The van der Waals surface area contributed by atoms with Gasteiger partial charge in [0.1, 0.15) is 0 Å². The summed E-state index contributed by atoms with van der Waals surface area (Å²) in [6.07, 6.45) is 1.00. The number of hydrogen-bond donors (Lipinski definition) is 2. The minimum Gasteiger partial charge on any atom is -0.481 e. The number of rotatable bonds is 6. The molecule has 0 fully saturated rings. The van der Waals surface area contributed by atoms with Crippen LogP contribution in [0.5, 0.6) is 0 Å². The number of carbonyl (C=O) groups is 2. The molecule has 0 aliphatic carbocycles. The summed E-state index contributed by atoms with van der Waals surface area (Å²) in [5.74, 6) is -1.04. The molecule has 0 unspecified atom stereocenters. The van der Waals surface area contributed by atoms with Crippen LogP contribution in [0.1, 0.15) is 31.4 Å². The minimum absolute atomic E-state index is 0.125. The van der Waals surface area contributed by atoms with E-state index in [1.54, 1.807) is 13.8 Å². The van der Waals surface area contributed by atoms with Gasteiger partial charge in [0.05, 0.1) is 5.41 Å². The van der Waals surface area contributed by atoms with Crippen LogP contribution in [0.3, 0.4) is 0 Å². The van der Waals surface area contributed by atoms with E-state index in [9.17, 15) is 9.59 Å². The molecule has 5 heteroatoms. The first-order valence-electron chi connectivity index (χ1n) is 6.47. The quantitative estimate of drug-likeness (QED) is 0.835. The molecule has 0 heterocycles. The van der Waals surface area contributed by atoms with Gasteiger partial charge in [-0.3, -0.25) is 9.59 Å². The Balaban J connectivity index is 2.44. The first-order chi connectivity index (χ1) is 9.22. The Morgan fingerprint density at radius 2 is 2.00 bits per heavy atom. The molecule has 0 aliphatic heterocycles. The van der Waals surface area contributed by atoms with Crippen LogP contribution < -0.4 is 5.32 Å². The van der Waals surface area contributed by atoms with E-state index in [0.717, 1.165) is 15.6 Å². The molecule has 20 heavy (non-hydrogen) atoms. The molecule has 1 rings (SSSR count). The van der Waals surface area contributed by atoms with Crippen LogP contribution in [0.2, 0.25) is 0 Å². The molecular weight excluding hydrogens is 322 g/mol. The van der Waals surface area contributed by atoms with E-state index in [-0.39, 0.29) is 12.5 Å². The van der Waals surface area contributed by atoms with Crippen molar-refractivity contribution >= 4 is 27.8 Å². The summed E-state index contributed by atoms with van der Waals surface area (Å²) in [6, 6.07) is 5.99. The maximum atomic E-state index is 11.7. The van der Waals surface area contributed by atoms with Gasteiger partial charge < -0.3 is 10.4 Å². The van der Waals surface area contributed by atoms with Crippen LogP contribution in [0, 0.1) is 12.3 Å². The molecule has 1 aromatic rings. The van der Waals surface area contributed by atoms with E-state index in [2.05, 4.69) is 21.2 Å². The smallest absolute Gasteiger partial charge is 0.310 e. The summed E-state index contributed by atoms with van der Waals surface area (Å²) in [5.41, 5.74) is 1.29. The Labute approximate surface area is 127 Å². The van der Waals surface area contributed by atoms with Crippen molar-refractivity contribution in [1.82, 2.24) is 5.32 Å². The molecule has 0 saturated carbocycles. The Morgan fingerprint density at radius 1 is 1.35 bits per heavy atom. The van der Waals surface area contributed by atoms with Crippen molar-refractivity contribution in [1.29, 1.82) is 0 Å². The lowest BCUT2D eigenvalue weighted by atomic mass is 9.94. The minimum atomic E-state index is -0.941. The standard InChI is InChI=1S/C15H20BrNO3/c1-10-8-11(4-6-12(10)16)5-7-13(18)17-9-15(2,3)14(19)20/h4,6,8H,5,7,9H2,1-3H3,(H,17,18)(H,19,20). The molecule has 4 nitrogen and oxygen atoms in total. The Morgan fingerprint density at radius 3 is 2.55 bits per heavy atom. The Kier molecular flexibility index (Phi) is 5.74. The zero-order valence-corrected chi connectivity index (χ0v) is 13.6. The van der Waals surface area contributed by atoms with Crippen LogP contribution in [-0.2, 0) is 16.0 Å². The highest BCUT2D eigenvalue weighted by Gasteiger charge is 2.27. The molecule has 1 amide bonds. The van der Waals surface area contributed by atoms with Crippen molar-refractivity contribution in [2.75, 3.05) is 6.54 Å². The lowest BCUT2D eigenvalue weighted by Gasteiger charge is -2.19. The maximum absolute atomic E-state index is 11.7. The van der Waals surface area contributed by atoms with Gasteiger partial charge in [-0.15, -0.1) is 0 Å². The third-order valence-corrected chi connectivity index (χ3v) is 4.06. The summed E-state index contributed by atoms with van der Waals surface area (Å²) in [6.45, 7) is 5.32. The first-order valence-corrected chi connectivity index (χ1v) is 7.27. The predicted octanol–water partition coefficient (Wildman–Crippen LogP) is 2.92. The number of hydrogen-bond acceptors (Lipinski definition) is 2. The number of aliphatic carboxylic acids is 1. The molecular formula is C15H20BrNO3. The monoisotopic (exact) mass is 341 g/mol. The van der Waals surface area contributed by atoms with Gasteiger partial charge in [0, 0.05) is 17.4 Å². The van der Waals surface area contributed by atoms with Crippen LogP contribution in [0.15, 0.2) is 22.7 Å². The van der Waals surface area contributed by atoms with Crippen molar-refractivity contribution in [3.05, 3.63) is 33.8 Å². The van der Waals surface area contributed by atoms with Crippen LogP contribution >= 0.6 is 15.9 Å². The van der Waals surface area contributed by atoms with Gasteiger partial charge in [0.25, 0.3) is 0 Å². The number of aryl methyl sites for hydroxylation is 2. The molecule has 110 valence electrons. The third-order valence-electron chi connectivity index (χ3n) is 3.17. The van der Waals surface area contributed by atoms with E-state index >= 15 is 0 Å². The van der Waals surface area contributed by atoms with Crippen molar-refractivity contribution in [3.63, 3.8) is 0 Å². The van der Waals surface area contributed by atoms with Crippen LogP contribution in [0.25, 0.3) is 0 Å². The largest absolute Gasteiger partial charge is 0.481 e. The van der Waals surface area contributed by atoms with Crippen molar-refractivity contribution in [2.45, 2.75) is 33.6 Å². The van der Waals surface area contributed by atoms with Crippen LogP contribution in [0.4, 0.5) is 0 Å². The average molecular weight is 342 g/mol. The summed E-state index contributed by atoms with van der Waals surface area (Å²) < 4.78 is 1.05. The number of carbonyl (C=O) groups excluding carboxylic acids is 1. The van der Waals surface area contributed by atoms with Gasteiger partial charge in [-0.1, -0.05) is 28.1 Å². The first kappa shape index (κ1) is 16.7. The lowest BCUT2D eigenvalue weighted by Crippen LogP contribution is -2.38. The molecule has 1 aromatic carbocycles. The zero-order chi connectivity index (χ0) is 15.3. The highest BCUT2D eigenvalue weighted by atomic mass is 79.9. The number of nitrogens with one attached hydrogen (secondary N) is 1. The van der Waals surface area contributed by atoms with Crippen molar-refractivity contribution in [2.24, 2.45) is 5.41 Å². The summed E-state index contributed by atoms with van der Waals surface area (Å²) >= 11 is 3.43. The molecule has 0 atom stereocenters. The fraction of sp³-hybridized carbons (Fsp3) is 0.467. The van der Waals surface area contributed by atoms with E-state index in [1.165, 1.54) is 0 Å². The van der Waals surface area contributed by atoms with Gasteiger partial charge >= 0.3 is 5.97 Å². The molecule has 0 saturated heterocycles. The summed E-state index contributed by atoms with van der Waals surface area (Å²) in [7, 11) is 0. The van der Waals surface area contributed by atoms with Crippen molar-refractivity contribution < 1.29 is 14.7 Å². The summed E-state index contributed by atoms with van der Waals surface area (Å²) in [4.78, 5) is 22.7. The topological polar surface area (TPSA) is 66.4 Å². The maximum Gasteiger partial charge on any atom is 0.310 e. The Bertz CT molecular complexity index is 512. The number of carboxylic acid groups (broad SMARTS) is 1. The van der Waals surface area contributed by atoms with Gasteiger partial charge in [-0.25, -0.2) is 0 Å². The average Bonchev–Trinajstić information content (AvgIpc) is 2.37. The van der Waals surface area contributed by atoms with Gasteiger partial charge in [0.15, 0.2) is 0 Å². The predicted molar refractivity (Wildman–Crippen MR) is 81.6 cm³/mol. The SMILES string of the molecule is Cc1cc(CCC(=O)NCC(C)(C)C(=O)O)ccc1Br. The van der Waals surface area contributed by atoms with E-state index < -0.39 is 11.4 Å². The zero-order valence-electron chi connectivity index (χ0n) is 12.0. The second-order valence-corrected chi connectivity index (χ2v) is 6.40. The number of carboxylic acids is 1. The van der Waals surface area contributed by atoms with E-state index in [4.69, 9.17) is 5.11 Å².